The molecule has 8 nitrogen and oxygen atoms in total. The maximum atomic E-state index is 12.7. The molecular formula is C19H21N5O3S. The average molecular weight is 399 g/mol. The maximum absolute atomic E-state index is 12.7. The van der Waals surface area contributed by atoms with E-state index in [9.17, 15) is 9.59 Å². The zero-order valence-corrected chi connectivity index (χ0v) is 16.4. The molecule has 0 spiro atoms. The van der Waals surface area contributed by atoms with Gasteiger partial charge in [0, 0.05) is 25.8 Å². The van der Waals surface area contributed by atoms with Gasteiger partial charge in [0.2, 0.25) is 4.96 Å². The summed E-state index contributed by atoms with van der Waals surface area (Å²) in [5, 5.41) is 7.94. The molecule has 28 heavy (non-hydrogen) atoms. The molecule has 9 heteroatoms. The Morgan fingerprint density at radius 2 is 2.00 bits per heavy atom. The monoisotopic (exact) mass is 399 g/mol. The van der Waals surface area contributed by atoms with Crippen molar-refractivity contribution in [2.45, 2.75) is 20.0 Å². The van der Waals surface area contributed by atoms with E-state index in [2.05, 4.69) is 20.3 Å². The van der Waals surface area contributed by atoms with Gasteiger partial charge in [-0.15, -0.1) is 0 Å². The van der Waals surface area contributed by atoms with E-state index in [-0.39, 0.29) is 5.56 Å². The van der Waals surface area contributed by atoms with Crippen LogP contribution in [0.1, 0.15) is 26.5 Å². The average Bonchev–Trinajstić information content (AvgIpc) is 3.12. The van der Waals surface area contributed by atoms with Crippen LogP contribution in [0.25, 0.3) is 4.96 Å². The second kappa shape index (κ2) is 8.17. The summed E-state index contributed by atoms with van der Waals surface area (Å²) in [4.78, 5) is 32.1. The van der Waals surface area contributed by atoms with Crippen LogP contribution in [0.3, 0.4) is 0 Å². The molecule has 146 valence electrons. The summed E-state index contributed by atoms with van der Waals surface area (Å²) in [5.41, 5.74) is 1.66. The van der Waals surface area contributed by atoms with Crippen LogP contribution < -0.4 is 10.9 Å². The number of fused-ring (bicyclic) bond motifs is 1. The number of morpholine rings is 1. The van der Waals surface area contributed by atoms with Crippen LogP contribution in [-0.2, 0) is 17.8 Å². The summed E-state index contributed by atoms with van der Waals surface area (Å²) < 4.78 is 6.57. The molecule has 1 N–H and O–H groups in total. The highest BCUT2D eigenvalue weighted by Gasteiger charge is 2.18. The van der Waals surface area contributed by atoms with Gasteiger partial charge in [0.1, 0.15) is 10.6 Å². The highest BCUT2D eigenvalue weighted by molar-refractivity contribution is 7.16. The molecule has 0 unspecified atom stereocenters. The molecule has 1 fully saturated rings. The molecule has 2 aromatic heterocycles. The van der Waals surface area contributed by atoms with E-state index < -0.39 is 11.5 Å². The molecule has 1 aromatic carbocycles. The van der Waals surface area contributed by atoms with E-state index in [0.717, 1.165) is 29.2 Å². The van der Waals surface area contributed by atoms with Crippen molar-refractivity contribution in [3.8, 4) is 0 Å². The second-order valence-corrected chi connectivity index (χ2v) is 7.76. The highest BCUT2D eigenvalue weighted by atomic mass is 32.1. The lowest BCUT2D eigenvalue weighted by Gasteiger charge is -2.25. The van der Waals surface area contributed by atoms with Gasteiger partial charge in [0.25, 0.3) is 11.5 Å². The van der Waals surface area contributed by atoms with E-state index in [4.69, 9.17) is 4.74 Å². The van der Waals surface area contributed by atoms with Crippen LogP contribution >= 0.6 is 11.3 Å². The molecule has 1 amide bonds. The number of benzene rings is 1. The molecule has 1 aliphatic rings. The molecule has 3 aromatic rings. The number of rotatable bonds is 5. The maximum Gasteiger partial charge on any atom is 0.288 e. The number of nitrogens with zero attached hydrogens (tertiary/aromatic N) is 4. The summed E-state index contributed by atoms with van der Waals surface area (Å²) in [7, 11) is 0. The lowest BCUT2D eigenvalue weighted by atomic mass is 10.1. The summed E-state index contributed by atoms with van der Waals surface area (Å²) in [6.45, 7) is 6.08. The van der Waals surface area contributed by atoms with Crippen LogP contribution in [0, 0.1) is 6.92 Å². The van der Waals surface area contributed by atoms with Crippen LogP contribution in [0.5, 0.6) is 0 Å². The van der Waals surface area contributed by atoms with Gasteiger partial charge in [0.15, 0.2) is 0 Å². The third kappa shape index (κ3) is 4.11. The SMILES string of the molecule is Cc1ccc(CNC(=O)c2cnc3sc(CN4CCOCC4)nn3c2=O)cc1. The molecular weight excluding hydrogens is 378 g/mol. The van der Waals surface area contributed by atoms with Gasteiger partial charge in [-0.05, 0) is 12.5 Å². The summed E-state index contributed by atoms with van der Waals surface area (Å²) in [6, 6.07) is 7.86. The van der Waals surface area contributed by atoms with Crippen molar-refractivity contribution in [2.24, 2.45) is 0 Å². The third-order valence-electron chi connectivity index (χ3n) is 4.61. The minimum absolute atomic E-state index is 0.00664. The van der Waals surface area contributed by atoms with Crippen LogP contribution in [0.4, 0.5) is 0 Å². The minimum atomic E-state index is -0.449. The molecule has 1 saturated heterocycles. The van der Waals surface area contributed by atoms with Gasteiger partial charge >= 0.3 is 0 Å². The standard InChI is InChI=1S/C19H21N5O3S/c1-13-2-4-14(5-3-13)10-20-17(25)15-11-21-19-24(18(15)26)22-16(28-19)12-23-6-8-27-9-7-23/h2-5,11H,6-10,12H2,1H3,(H,20,25). The molecule has 0 aliphatic carbocycles. The van der Waals surface area contributed by atoms with Gasteiger partial charge in [0.05, 0.1) is 19.8 Å². The summed E-state index contributed by atoms with van der Waals surface area (Å²) in [5.74, 6) is -0.449. The highest BCUT2D eigenvalue weighted by Crippen LogP contribution is 2.14. The minimum Gasteiger partial charge on any atom is -0.379 e. The van der Waals surface area contributed by atoms with Gasteiger partial charge in [-0.2, -0.15) is 9.61 Å². The Balaban J connectivity index is 1.49. The topological polar surface area (TPSA) is 88.8 Å². The molecule has 0 bridgehead atoms. The Labute approximate surface area is 165 Å². The number of hydrogen-bond acceptors (Lipinski definition) is 7. The van der Waals surface area contributed by atoms with Crippen LogP contribution in [0.2, 0.25) is 0 Å². The van der Waals surface area contributed by atoms with E-state index in [1.807, 2.05) is 31.2 Å². The number of aryl methyl sites for hydroxylation is 1. The number of ether oxygens (including phenoxy) is 1. The first-order valence-electron chi connectivity index (χ1n) is 9.12. The number of amides is 1. The van der Waals surface area contributed by atoms with E-state index in [1.54, 1.807) is 0 Å². The Bertz CT molecular complexity index is 1040. The predicted molar refractivity (Wildman–Crippen MR) is 106 cm³/mol. The number of carbonyl (C=O) groups excluding carboxylic acids is 1. The van der Waals surface area contributed by atoms with E-state index in [0.29, 0.717) is 31.3 Å². The van der Waals surface area contributed by atoms with Crippen molar-refractivity contribution >= 4 is 22.2 Å². The van der Waals surface area contributed by atoms with Gasteiger partial charge in [-0.25, -0.2) is 4.98 Å². The first-order chi connectivity index (χ1) is 13.6. The Morgan fingerprint density at radius 1 is 1.25 bits per heavy atom. The Hall–Kier alpha value is -2.62. The lowest BCUT2D eigenvalue weighted by Crippen LogP contribution is -2.35. The van der Waals surface area contributed by atoms with Gasteiger partial charge in [-0.1, -0.05) is 41.2 Å². The van der Waals surface area contributed by atoms with Crippen molar-refractivity contribution in [1.82, 2.24) is 24.8 Å². The molecule has 3 heterocycles. The van der Waals surface area contributed by atoms with Crippen molar-refractivity contribution in [1.29, 1.82) is 0 Å². The number of carbonyl (C=O) groups is 1. The quantitative estimate of drug-likeness (QED) is 0.694. The number of nitrogens with one attached hydrogen (secondary N) is 1. The zero-order chi connectivity index (χ0) is 19.5. The summed E-state index contributed by atoms with van der Waals surface area (Å²) >= 11 is 1.36. The zero-order valence-electron chi connectivity index (χ0n) is 15.6. The van der Waals surface area contributed by atoms with Crippen molar-refractivity contribution < 1.29 is 9.53 Å². The molecule has 0 atom stereocenters. The van der Waals surface area contributed by atoms with E-state index in [1.165, 1.54) is 22.0 Å². The van der Waals surface area contributed by atoms with E-state index >= 15 is 0 Å². The fourth-order valence-corrected chi connectivity index (χ4v) is 3.88. The smallest absolute Gasteiger partial charge is 0.288 e. The van der Waals surface area contributed by atoms with Crippen LogP contribution in [-0.4, -0.2) is 51.7 Å². The lowest BCUT2D eigenvalue weighted by molar-refractivity contribution is 0.0340. The number of aromatic nitrogens is 3. The van der Waals surface area contributed by atoms with Crippen molar-refractivity contribution in [3.05, 3.63) is 62.5 Å². The van der Waals surface area contributed by atoms with Gasteiger partial charge < -0.3 is 10.1 Å². The normalized spacial score (nSPS) is 15.0. The third-order valence-corrected chi connectivity index (χ3v) is 5.52. The molecule has 0 saturated carbocycles. The fraction of sp³-hybridized carbons (Fsp3) is 0.368. The summed E-state index contributed by atoms with van der Waals surface area (Å²) in [6.07, 6.45) is 1.33. The fourth-order valence-electron chi connectivity index (χ4n) is 2.98. The largest absolute Gasteiger partial charge is 0.379 e. The first kappa shape index (κ1) is 18.7. The molecule has 1 aliphatic heterocycles. The predicted octanol–water partition coefficient (Wildman–Crippen LogP) is 1.22. The van der Waals surface area contributed by atoms with Crippen LogP contribution in [0.15, 0.2) is 35.3 Å². The first-order valence-corrected chi connectivity index (χ1v) is 9.93. The molecule has 0 radical (unpaired) electrons. The van der Waals surface area contributed by atoms with Crippen molar-refractivity contribution in [3.63, 3.8) is 0 Å². The van der Waals surface area contributed by atoms with Crippen molar-refractivity contribution in [2.75, 3.05) is 26.3 Å². The second-order valence-electron chi connectivity index (χ2n) is 6.72. The number of hydrogen-bond donors (Lipinski definition) is 1. The Morgan fingerprint density at radius 3 is 2.75 bits per heavy atom. The Kier molecular flexibility index (Phi) is 5.47. The molecule has 4 rings (SSSR count). The van der Waals surface area contributed by atoms with Gasteiger partial charge in [-0.3, -0.25) is 14.5 Å².